The van der Waals surface area contributed by atoms with Gasteiger partial charge in [-0.2, -0.15) is 0 Å². The standard InChI is InChI=1S/C13H20Br2O2/c1-2-10(15)12-7-4-3-6-11(16)13(17-12)8-5-9-14/h3-5,9-13,16H,2,6-8H2,1H3/b4-3-,9-5-/t10-,11-,12+,13-/m0/s1. The predicted octanol–water partition coefficient (Wildman–Crippen LogP) is 3.92. The first-order chi connectivity index (χ1) is 8.19. The van der Waals surface area contributed by atoms with E-state index < -0.39 is 6.10 Å². The number of aliphatic hydroxyl groups excluding tert-OH is 1. The van der Waals surface area contributed by atoms with Crippen LogP contribution < -0.4 is 0 Å². The maximum absolute atomic E-state index is 10.0. The fourth-order valence-electron chi connectivity index (χ4n) is 1.88. The van der Waals surface area contributed by atoms with E-state index in [1.54, 1.807) is 0 Å². The number of hydrogen-bond acceptors (Lipinski definition) is 2. The van der Waals surface area contributed by atoms with Gasteiger partial charge in [0.2, 0.25) is 0 Å². The van der Waals surface area contributed by atoms with Gasteiger partial charge in [0.05, 0.1) is 18.3 Å². The molecule has 0 bridgehead atoms. The minimum absolute atomic E-state index is 0.120. The molecule has 0 saturated carbocycles. The summed E-state index contributed by atoms with van der Waals surface area (Å²) in [5.74, 6) is 0. The SMILES string of the molecule is CC[C@H](Br)[C@H]1C/C=C\C[C@H](O)[C@H](C/C=C\Br)O1. The molecular weight excluding hydrogens is 348 g/mol. The van der Waals surface area contributed by atoms with Crippen molar-refractivity contribution in [2.45, 2.75) is 55.7 Å². The molecule has 1 aliphatic rings. The number of alkyl halides is 1. The van der Waals surface area contributed by atoms with E-state index in [2.05, 4.69) is 50.9 Å². The highest BCUT2D eigenvalue weighted by molar-refractivity contribution is 9.11. The van der Waals surface area contributed by atoms with Crippen LogP contribution in [-0.4, -0.2) is 28.2 Å². The molecule has 0 aromatic carbocycles. The first-order valence-electron chi connectivity index (χ1n) is 6.06. The van der Waals surface area contributed by atoms with Crippen molar-refractivity contribution in [3.8, 4) is 0 Å². The van der Waals surface area contributed by atoms with Crippen LogP contribution in [-0.2, 0) is 4.74 Å². The van der Waals surface area contributed by atoms with Gasteiger partial charge in [-0.1, -0.05) is 57.0 Å². The molecule has 1 heterocycles. The van der Waals surface area contributed by atoms with Crippen LogP contribution in [0.15, 0.2) is 23.2 Å². The normalized spacial score (nSPS) is 34.2. The molecule has 1 aliphatic heterocycles. The second kappa shape index (κ2) is 8.46. The summed E-state index contributed by atoms with van der Waals surface area (Å²) in [7, 11) is 0. The average molecular weight is 368 g/mol. The van der Waals surface area contributed by atoms with Crippen LogP contribution in [0.1, 0.15) is 32.6 Å². The number of hydrogen-bond donors (Lipinski definition) is 1. The van der Waals surface area contributed by atoms with Gasteiger partial charge >= 0.3 is 0 Å². The third-order valence-electron chi connectivity index (χ3n) is 2.94. The zero-order valence-electron chi connectivity index (χ0n) is 10.1. The smallest absolute Gasteiger partial charge is 0.0876 e. The summed E-state index contributed by atoms with van der Waals surface area (Å²) in [6.45, 7) is 2.13. The highest BCUT2D eigenvalue weighted by Gasteiger charge is 2.26. The molecule has 0 aromatic heterocycles. The lowest BCUT2D eigenvalue weighted by atomic mass is 10.0. The van der Waals surface area contributed by atoms with Crippen molar-refractivity contribution in [2.75, 3.05) is 0 Å². The van der Waals surface area contributed by atoms with E-state index in [1.165, 1.54) is 0 Å². The second-order valence-electron chi connectivity index (χ2n) is 4.24. The Morgan fingerprint density at radius 3 is 2.82 bits per heavy atom. The Labute approximate surface area is 120 Å². The Morgan fingerprint density at radius 2 is 2.18 bits per heavy atom. The monoisotopic (exact) mass is 366 g/mol. The topological polar surface area (TPSA) is 29.5 Å². The summed E-state index contributed by atoms with van der Waals surface area (Å²) in [5.41, 5.74) is 0. The predicted molar refractivity (Wildman–Crippen MR) is 78.7 cm³/mol. The van der Waals surface area contributed by atoms with Crippen LogP contribution in [0.25, 0.3) is 0 Å². The number of rotatable bonds is 4. The lowest BCUT2D eigenvalue weighted by Gasteiger charge is -2.30. The zero-order chi connectivity index (χ0) is 12.7. The molecule has 0 aromatic rings. The lowest BCUT2D eigenvalue weighted by molar-refractivity contribution is -0.0749. The van der Waals surface area contributed by atoms with E-state index >= 15 is 0 Å². The van der Waals surface area contributed by atoms with Crippen LogP contribution in [0.5, 0.6) is 0 Å². The van der Waals surface area contributed by atoms with Crippen molar-refractivity contribution >= 4 is 31.9 Å². The van der Waals surface area contributed by atoms with Crippen LogP contribution in [0.4, 0.5) is 0 Å². The number of aliphatic hydroxyl groups is 1. The summed E-state index contributed by atoms with van der Waals surface area (Å²) in [5, 5.41) is 10.0. The summed E-state index contributed by atoms with van der Waals surface area (Å²) < 4.78 is 6.04. The largest absolute Gasteiger partial charge is 0.390 e. The van der Waals surface area contributed by atoms with Crippen molar-refractivity contribution in [1.29, 1.82) is 0 Å². The van der Waals surface area contributed by atoms with Crippen LogP contribution in [0, 0.1) is 0 Å². The molecule has 0 unspecified atom stereocenters. The second-order valence-corrected chi connectivity index (χ2v) is 5.95. The minimum Gasteiger partial charge on any atom is -0.390 e. The lowest BCUT2D eigenvalue weighted by Crippen LogP contribution is -2.36. The van der Waals surface area contributed by atoms with Crippen molar-refractivity contribution in [3.63, 3.8) is 0 Å². The van der Waals surface area contributed by atoms with Gasteiger partial charge in [0.15, 0.2) is 0 Å². The molecule has 0 fully saturated rings. The Hall–Kier alpha value is 0.360. The van der Waals surface area contributed by atoms with Gasteiger partial charge in [0.25, 0.3) is 0 Å². The van der Waals surface area contributed by atoms with Gasteiger partial charge < -0.3 is 9.84 Å². The molecule has 17 heavy (non-hydrogen) atoms. The molecule has 1 N–H and O–H groups in total. The quantitative estimate of drug-likeness (QED) is 0.602. The number of ether oxygens (including phenoxy) is 1. The highest BCUT2D eigenvalue weighted by atomic mass is 79.9. The summed E-state index contributed by atoms with van der Waals surface area (Å²) in [4.78, 5) is 2.16. The van der Waals surface area contributed by atoms with Gasteiger partial charge in [-0.15, -0.1) is 0 Å². The molecule has 2 nitrogen and oxygen atoms in total. The molecule has 1 rings (SSSR count). The molecule has 4 heteroatoms. The molecule has 0 aliphatic carbocycles. The van der Waals surface area contributed by atoms with Crippen molar-refractivity contribution in [2.24, 2.45) is 0 Å². The van der Waals surface area contributed by atoms with Crippen molar-refractivity contribution < 1.29 is 9.84 Å². The maximum Gasteiger partial charge on any atom is 0.0876 e. The molecule has 0 saturated heterocycles. The van der Waals surface area contributed by atoms with E-state index in [1.807, 2.05) is 11.1 Å². The van der Waals surface area contributed by atoms with Gasteiger partial charge in [-0.05, 0) is 30.7 Å². The minimum atomic E-state index is -0.422. The van der Waals surface area contributed by atoms with E-state index in [-0.39, 0.29) is 12.2 Å². The number of halogens is 2. The van der Waals surface area contributed by atoms with E-state index in [0.29, 0.717) is 11.2 Å². The van der Waals surface area contributed by atoms with Crippen LogP contribution >= 0.6 is 31.9 Å². The Morgan fingerprint density at radius 1 is 1.47 bits per heavy atom. The zero-order valence-corrected chi connectivity index (χ0v) is 13.2. The maximum atomic E-state index is 10.0. The molecule has 4 atom stereocenters. The summed E-state index contributed by atoms with van der Waals surface area (Å²) in [6, 6.07) is 0. The van der Waals surface area contributed by atoms with Crippen LogP contribution in [0.2, 0.25) is 0 Å². The average Bonchev–Trinajstić information content (AvgIpc) is 2.33. The molecule has 98 valence electrons. The molecular formula is C13H20Br2O2. The van der Waals surface area contributed by atoms with E-state index in [0.717, 1.165) is 19.3 Å². The first kappa shape index (κ1) is 15.4. The van der Waals surface area contributed by atoms with Crippen molar-refractivity contribution in [3.05, 3.63) is 23.2 Å². The van der Waals surface area contributed by atoms with Gasteiger partial charge in [-0.25, -0.2) is 0 Å². The van der Waals surface area contributed by atoms with E-state index in [4.69, 9.17) is 4.74 Å². The van der Waals surface area contributed by atoms with E-state index in [9.17, 15) is 5.11 Å². The molecule has 0 radical (unpaired) electrons. The Bertz CT molecular complexity index is 266. The summed E-state index contributed by atoms with van der Waals surface area (Å²) in [6.07, 6.45) is 9.08. The molecule has 0 amide bonds. The third-order valence-corrected chi connectivity index (χ3v) is 4.55. The fourth-order valence-corrected chi connectivity index (χ4v) is 2.44. The Balaban J connectivity index is 2.68. The molecule has 0 spiro atoms. The van der Waals surface area contributed by atoms with Gasteiger partial charge in [0, 0.05) is 4.83 Å². The fraction of sp³-hybridized carbons (Fsp3) is 0.692. The third kappa shape index (κ3) is 5.25. The first-order valence-corrected chi connectivity index (χ1v) is 7.90. The van der Waals surface area contributed by atoms with Gasteiger partial charge in [-0.3, -0.25) is 0 Å². The van der Waals surface area contributed by atoms with Gasteiger partial charge in [0.1, 0.15) is 0 Å². The van der Waals surface area contributed by atoms with Crippen LogP contribution in [0.3, 0.4) is 0 Å². The highest BCUT2D eigenvalue weighted by Crippen LogP contribution is 2.24. The summed E-state index contributed by atoms with van der Waals surface area (Å²) >= 11 is 6.89. The Kier molecular flexibility index (Phi) is 7.67. The van der Waals surface area contributed by atoms with Crippen molar-refractivity contribution in [1.82, 2.24) is 0 Å².